The number of aromatic nitrogens is 2. The van der Waals surface area contributed by atoms with Crippen LogP contribution in [0, 0.1) is 13.8 Å². The van der Waals surface area contributed by atoms with Gasteiger partial charge in [-0.3, -0.25) is 9.48 Å². The maximum absolute atomic E-state index is 13.3. The molecule has 2 amide bonds. The first-order chi connectivity index (χ1) is 20.4. The highest BCUT2D eigenvalue weighted by atomic mass is 16.5. The Morgan fingerprint density at radius 1 is 1.02 bits per heavy atom. The number of carbonyl (C=O) groups excluding carboxylic acids is 2. The van der Waals surface area contributed by atoms with E-state index < -0.39 is 6.09 Å². The lowest BCUT2D eigenvalue weighted by atomic mass is 9.93. The summed E-state index contributed by atoms with van der Waals surface area (Å²) in [6.07, 6.45) is 6.46. The molecule has 3 aromatic carbocycles. The van der Waals surface area contributed by atoms with Crippen LogP contribution in [0.3, 0.4) is 0 Å². The number of methoxy groups -OCH3 is 1. The van der Waals surface area contributed by atoms with Crippen molar-refractivity contribution in [1.82, 2.24) is 15.1 Å². The van der Waals surface area contributed by atoms with Crippen molar-refractivity contribution >= 4 is 17.7 Å². The van der Waals surface area contributed by atoms with Crippen LogP contribution in [0.2, 0.25) is 0 Å². The number of aryl methyl sites for hydroxylation is 1. The number of fused-ring (bicyclic) bond motifs is 1. The van der Waals surface area contributed by atoms with E-state index in [1.807, 2.05) is 52.2 Å². The van der Waals surface area contributed by atoms with Crippen molar-refractivity contribution in [2.75, 3.05) is 25.2 Å². The first-order valence-corrected chi connectivity index (χ1v) is 14.5. The summed E-state index contributed by atoms with van der Waals surface area (Å²) in [5.41, 5.74) is 8.76. The molecule has 0 bridgehead atoms. The second-order valence-electron chi connectivity index (χ2n) is 10.7. The molecule has 0 saturated heterocycles. The van der Waals surface area contributed by atoms with Crippen LogP contribution in [0.4, 0.5) is 10.5 Å². The van der Waals surface area contributed by atoms with Crippen molar-refractivity contribution in [3.8, 4) is 16.9 Å². The summed E-state index contributed by atoms with van der Waals surface area (Å²) in [6.45, 7) is 6.39. The van der Waals surface area contributed by atoms with Crippen LogP contribution in [-0.2, 0) is 29.0 Å². The van der Waals surface area contributed by atoms with E-state index in [4.69, 9.17) is 4.74 Å². The molecule has 42 heavy (non-hydrogen) atoms. The Hall–Kier alpha value is -4.59. The van der Waals surface area contributed by atoms with E-state index in [-0.39, 0.29) is 5.91 Å². The van der Waals surface area contributed by atoms with E-state index >= 15 is 0 Å². The summed E-state index contributed by atoms with van der Waals surface area (Å²) in [5, 5.41) is 7.34. The van der Waals surface area contributed by atoms with Crippen molar-refractivity contribution < 1.29 is 19.1 Å². The molecule has 8 nitrogen and oxygen atoms in total. The van der Waals surface area contributed by atoms with Gasteiger partial charge in [0, 0.05) is 37.0 Å². The minimum Gasteiger partial charge on any atom is -0.493 e. The smallest absolute Gasteiger partial charge is 0.407 e. The largest absolute Gasteiger partial charge is 0.493 e. The Morgan fingerprint density at radius 2 is 1.83 bits per heavy atom. The molecule has 4 aromatic rings. The van der Waals surface area contributed by atoms with E-state index in [0.717, 1.165) is 58.6 Å². The van der Waals surface area contributed by atoms with Crippen LogP contribution in [0.15, 0.2) is 73.1 Å². The summed E-state index contributed by atoms with van der Waals surface area (Å²) in [4.78, 5) is 26.7. The van der Waals surface area contributed by atoms with Crippen molar-refractivity contribution in [2.24, 2.45) is 0 Å². The SMILES string of the molecule is COC(=O)NCc1cccc(Cn2cc(-c3cccc4c3CCCN4C(=O)CCCOc3cccc(C)c3C)cn2)c1. The van der Waals surface area contributed by atoms with Gasteiger partial charge in [-0.15, -0.1) is 0 Å². The van der Waals surface area contributed by atoms with Gasteiger partial charge in [-0.2, -0.15) is 5.10 Å². The molecule has 0 aliphatic carbocycles. The predicted molar refractivity (Wildman–Crippen MR) is 164 cm³/mol. The summed E-state index contributed by atoms with van der Waals surface area (Å²) >= 11 is 0. The lowest BCUT2D eigenvalue weighted by Crippen LogP contribution is -2.35. The van der Waals surface area contributed by atoms with Crippen LogP contribution in [-0.4, -0.2) is 42.0 Å². The molecular weight excluding hydrogens is 528 g/mol. The Labute approximate surface area is 247 Å². The minimum absolute atomic E-state index is 0.134. The monoisotopic (exact) mass is 566 g/mol. The summed E-state index contributed by atoms with van der Waals surface area (Å²) in [5.74, 6) is 1.02. The van der Waals surface area contributed by atoms with Gasteiger partial charge in [0.25, 0.3) is 0 Å². The van der Waals surface area contributed by atoms with Crippen LogP contribution in [0.1, 0.15) is 47.1 Å². The average molecular weight is 567 g/mol. The fourth-order valence-electron chi connectivity index (χ4n) is 5.44. The molecule has 0 spiro atoms. The number of anilines is 1. The number of alkyl carbamates (subject to hydrolysis) is 1. The number of ether oxygens (including phenoxy) is 2. The quantitative estimate of drug-likeness (QED) is 0.231. The Morgan fingerprint density at radius 3 is 2.69 bits per heavy atom. The number of benzene rings is 3. The van der Waals surface area contributed by atoms with Gasteiger partial charge in [-0.1, -0.05) is 48.5 Å². The molecule has 1 N–H and O–H groups in total. The Bertz CT molecular complexity index is 1560. The molecule has 0 unspecified atom stereocenters. The maximum atomic E-state index is 13.3. The summed E-state index contributed by atoms with van der Waals surface area (Å²) in [6, 6.07) is 20.3. The van der Waals surface area contributed by atoms with Crippen molar-refractivity contribution in [1.29, 1.82) is 0 Å². The van der Waals surface area contributed by atoms with Gasteiger partial charge in [0.2, 0.25) is 5.91 Å². The number of hydrogen-bond donors (Lipinski definition) is 1. The molecule has 0 saturated carbocycles. The van der Waals surface area contributed by atoms with Gasteiger partial charge in [0.1, 0.15) is 5.75 Å². The van der Waals surface area contributed by atoms with E-state index in [1.54, 1.807) is 0 Å². The Balaban J connectivity index is 1.23. The summed E-state index contributed by atoms with van der Waals surface area (Å²) in [7, 11) is 1.35. The molecule has 5 rings (SSSR count). The van der Waals surface area contributed by atoms with Gasteiger partial charge in [-0.05, 0) is 78.6 Å². The zero-order valence-electron chi connectivity index (χ0n) is 24.6. The minimum atomic E-state index is -0.453. The molecule has 1 aliphatic heterocycles. The molecular formula is C34H38N4O4. The van der Waals surface area contributed by atoms with Crippen molar-refractivity contribution in [2.45, 2.75) is 52.6 Å². The lowest BCUT2D eigenvalue weighted by molar-refractivity contribution is -0.118. The second kappa shape index (κ2) is 13.4. The lowest BCUT2D eigenvalue weighted by Gasteiger charge is -2.31. The third-order valence-corrected chi connectivity index (χ3v) is 7.80. The molecule has 0 radical (unpaired) electrons. The van der Waals surface area contributed by atoms with Gasteiger partial charge >= 0.3 is 6.09 Å². The van der Waals surface area contributed by atoms with Crippen molar-refractivity contribution in [3.05, 3.63) is 101 Å². The Kier molecular flexibility index (Phi) is 9.21. The molecule has 218 valence electrons. The fraction of sp³-hybridized carbons (Fsp3) is 0.324. The van der Waals surface area contributed by atoms with Gasteiger partial charge in [0.05, 0.1) is 26.5 Å². The van der Waals surface area contributed by atoms with Crippen LogP contribution in [0.5, 0.6) is 5.75 Å². The zero-order valence-corrected chi connectivity index (χ0v) is 24.6. The van der Waals surface area contributed by atoms with Crippen molar-refractivity contribution in [3.63, 3.8) is 0 Å². The van der Waals surface area contributed by atoms with Gasteiger partial charge in [0.15, 0.2) is 0 Å². The number of nitrogens with zero attached hydrogens (tertiary/aromatic N) is 3. The van der Waals surface area contributed by atoms with E-state index in [1.165, 1.54) is 18.2 Å². The third-order valence-electron chi connectivity index (χ3n) is 7.80. The highest BCUT2D eigenvalue weighted by molar-refractivity contribution is 5.96. The highest BCUT2D eigenvalue weighted by Gasteiger charge is 2.24. The average Bonchev–Trinajstić information content (AvgIpc) is 3.47. The molecule has 8 heteroatoms. The van der Waals surface area contributed by atoms with E-state index in [0.29, 0.717) is 32.5 Å². The normalized spacial score (nSPS) is 12.5. The number of rotatable bonds is 10. The molecule has 1 aliphatic rings. The molecule has 0 fully saturated rings. The maximum Gasteiger partial charge on any atom is 0.407 e. The second-order valence-corrected chi connectivity index (χ2v) is 10.7. The third kappa shape index (κ3) is 6.82. The van der Waals surface area contributed by atoms with Gasteiger partial charge < -0.3 is 19.7 Å². The zero-order chi connectivity index (χ0) is 29.5. The highest BCUT2D eigenvalue weighted by Crippen LogP contribution is 2.36. The molecule has 2 heterocycles. The number of amides is 2. The van der Waals surface area contributed by atoms with E-state index in [9.17, 15) is 9.59 Å². The topological polar surface area (TPSA) is 85.7 Å². The molecule has 1 aromatic heterocycles. The van der Waals surface area contributed by atoms with Gasteiger partial charge in [-0.25, -0.2) is 4.79 Å². The summed E-state index contributed by atoms with van der Waals surface area (Å²) < 4.78 is 12.6. The first kappa shape index (κ1) is 28.9. The standard InChI is InChI=1S/C34H38N4O4/c1-24-9-4-15-32(25(24)2)42-18-8-16-33(39)38-17-7-13-30-29(12-6-14-31(30)38)28-21-36-37(23-28)22-27-11-5-10-26(19-27)20-35-34(40)41-3/h4-6,9-12,14-15,19,21,23H,7-8,13,16-18,20,22H2,1-3H3,(H,35,40). The fourth-order valence-corrected chi connectivity index (χ4v) is 5.44. The van der Waals surface area contributed by atoms with Crippen LogP contribution < -0.4 is 15.0 Å². The molecule has 0 atom stereocenters. The number of hydrogen-bond acceptors (Lipinski definition) is 5. The number of carbonyl (C=O) groups is 2. The van der Waals surface area contributed by atoms with Crippen LogP contribution >= 0.6 is 0 Å². The van der Waals surface area contributed by atoms with E-state index in [2.05, 4.69) is 59.5 Å². The van der Waals surface area contributed by atoms with Crippen LogP contribution in [0.25, 0.3) is 11.1 Å². The number of nitrogens with one attached hydrogen (secondary N) is 1. The predicted octanol–water partition coefficient (Wildman–Crippen LogP) is 6.21. The first-order valence-electron chi connectivity index (χ1n) is 14.5.